The maximum absolute atomic E-state index is 13.0. The van der Waals surface area contributed by atoms with Crippen LogP contribution in [0, 0.1) is 0 Å². The van der Waals surface area contributed by atoms with Crippen molar-refractivity contribution in [3.05, 3.63) is 71.8 Å². The van der Waals surface area contributed by atoms with Gasteiger partial charge in [0.05, 0.1) is 33.2 Å². The summed E-state index contributed by atoms with van der Waals surface area (Å²) in [7, 11) is 0. The molecule has 1 atom stereocenters. The van der Waals surface area contributed by atoms with Crippen LogP contribution in [0.1, 0.15) is 36.0 Å². The molecule has 3 aromatic heterocycles. The molecular formula is C23H22N6OS. The van der Waals surface area contributed by atoms with Crippen LogP contribution < -0.4 is 5.32 Å². The van der Waals surface area contributed by atoms with Gasteiger partial charge in [0.1, 0.15) is 11.6 Å². The van der Waals surface area contributed by atoms with Crippen molar-refractivity contribution in [3.63, 3.8) is 0 Å². The minimum absolute atomic E-state index is 0.00600. The number of carbonyl (C=O) groups excluding carboxylic acids is 1. The van der Waals surface area contributed by atoms with Crippen molar-refractivity contribution in [1.82, 2.24) is 24.8 Å². The zero-order valence-electron chi connectivity index (χ0n) is 16.9. The highest BCUT2D eigenvalue weighted by Crippen LogP contribution is 2.32. The van der Waals surface area contributed by atoms with Gasteiger partial charge in [-0.15, -0.1) is 11.3 Å². The maximum Gasteiger partial charge on any atom is 0.223 e. The zero-order valence-corrected chi connectivity index (χ0v) is 17.8. The fraction of sp³-hybridized carbons (Fsp3) is 0.261. The number of nitrogens with one attached hydrogen (secondary N) is 1. The van der Waals surface area contributed by atoms with Crippen molar-refractivity contribution in [3.8, 4) is 0 Å². The third-order valence-corrected chi connectivity index (χ3v) is 6.49. The fourth-order valence-electron chi connectivity index (χ4n) is 3.96. The Kier molecular flexibility index (Phi) is 5.54. The molecule has 1 N–H and O–H groups in total. The van der Waals surface area contributed by atoms with Gasteiger partial charge in [-0.05, 0) is 37.1 Å². The normalized spacial score (nSPS) is 16.0. The van der Waals surface area contributed by atoms with Gasteiger partial charge in [-0.2, -0.15) is 0 Å². The molecule has 5 rings (SSSR count). The van der Waals surface area contributed by atoms with Crippen LogP contribution in [0.5, 0.6) is 0 Å². The van der Waals surface area contributed by atoms with Gasteiger partial charge in [0, 0.05) is 31.8 Å². The van der Waals surface area contributed by atoms with Crippen LogP contribution in [-0.4, -0.2) is 37.3 Å². The Morgan fingerprint density at radius 3 is 2.90 bits per heavy atom. The van der Waals surface area contributed by atoms with E-state index >= 15 is 0 Å². The number of fused-ring (bicyclic) bond motifs is 1. The van der Waals surface area contributed by atoms with Gasteiger partial charge in [0.15, 0.2) is 0 Å². The number of pyridine rings is 1. The minimum Gasteiger partial charge on any atom is -0.334 e. The molecule has 0 saturated carbocycles. The van der Waals surface area contributed by atoms with Gasteiger partial charge in [-0.1, -0.05) is 18.2 Å². The Hall–Kier alpha value is -3.39. The third-order valence-electron chi connectivity index (χ3n) is 5.40. The van der Waals surface area contributed by atoms with E-state index in [1.54, 1.807) is 29.9 Å². The number of anilines is 2. The quantitative estimate of drug-likeness (QED) is 0.484. The molecule has 156 valence electrons. The van der Waals surface area contributed by atoms with Gasteiger partial charge in [-0.3, -0.25) is 9.78 Å². The summed E-state index contributed by atoms with van der Waals surface area (Å²) in [6, 6.07) is 14.0. The second-order valence-corrected chi connectivity index (χ2v) is 8.60. The first kappa shape index (κ1) is 19.6. The van der Waals surface area contributed by atoms with Crippen LogP contribution in [-0.2, 0) is 11.2 Å². The number of thiazole rings is 1. The molecule has 0 spiro atoms. The molecule has 0 bridgehead atoms. The van der Waals surface area contributed by atoms with Crippen LogP contribution in [0.15, 0.2) is 61.1 Å². The Morgan fingerprint density at radius 2 is 2.03 bits per heavy atom. The Balaban J connectivity index is 1.26. The van der Waals surface area contributed by atoms with Crippen molar-refractivity contribution in [2.24, 2.45) is 0 Å². The van der Waals surface area contributed by atoms with Gasteiger partial charge < -0.3 is 10.2 Å². The topological polar surface area (TPSA) is 83.9 Å². The summed E-state index contributed by atoms with van der Waals surface area (Å²) in [6.07, 6.45) is 7.97. The molecule has 1 fully saturated rings. The van der Waals surface area contributed by atoms with Crippen molar-refractivity contribution >= 4 is 39.1 Å². The first-order valence-electron chi connectivity index (χ1n) is 10.4. The van der Waals surface area contributed by atoms with Crippen LogP contribution in [0.2, 0.25) is 0 Å². The SMILES string of the molecule is O=C(CCc1nc2ccccc2s1)N1CCC[C@H]1c1cccc(Nc2cnccn2)n1. The number of hydrogen-bond acceptors (Lipinski definition) is 7. The predicted molar refractivity (Wildman–Crippen MR) is 121 cm³/mol. The highest BCUT2D eigenvalue weighted by atomic mass is 32.1. The Labute approximate surface area is 184 Å². The third kappa shape index (κ3) is 4.39. The molecule has 1 aliphatic heterocycles. The summed E-state index contributed by atoms with van der Waals surface area (Å²) in [5.74, 6) is 1.50. The number of likely N-dealkylation sites (tertiary alicyclic amines) is 1. The fourth-order valence-corrected chi connectivity index (χ4v) is 4.93. The summed E-state index contributed by atoms with van der Waals surface area (Å²) in [6.45, 7) is 0.771. The first-order chi connectivity index (χ1) is 15.3. The molecule has 0 unspecified atom stereocenters. The predicted octanol–water partition coefficient (Wildman–Crippen LogP) is 4.52. The lowest BCUT2D eigenvalue weighted by atomic mass is 10.1. The van der Waals surface area contributed by atoms with Gasteiger partial charge in [-0.25, -0.2) is 15.0 Å². The van der Waals surface area contributed by atoms with Crippen LogP contribution >= 0.6 is 11.3 Å². The average molecular weight is 431 g/mol. The minimum atomic E-state index is 0.00600. The molecule has 1 amide bonds. The van der Waals surface area contributed by atoms with Crippen molar-refractivity contribution in [1.29, 1.82) is 0 Å². The second-order valence-electron chi connectivity index (χ2n) is 7.48. The van der Waals surface area contributed by atoms with E-state index in [0.717, 1.165) is 35.6 Å². The van der Waals surface area contributed by atoms with E-state index in [1.807, 2.05) is 41.3 Å². The van der Waals surface area contributed by atoms with Crippen molar-refractivity contribution in [2.45, 2.75) is 31.7 Å². The van der Waals surface area contributed by atoms with Gasteiger partial charge >= 0.3 is 0 Å². The Morgan fingerprint density at radius 1 is 1.10 bits per heavy atom. The largest absolute Gasteiger partial charge is 0.334 e. The summed E-state index contributed by atoms with van der Waals surface area (Å²) in [4.78, 5) is 32.7. The van der Waals surface area contributed by atoms with Crippen LogP contribution in [0.3, 0.4) is 0 Å². The zero-order chi connectivity index (χ0) is 21.0. The van der Waals surface area contributed by atoms with Gasteiger partial charge in [0.2, 0.25) is 5.91 Å². The molecule has 31 heavy (non-hydrogen) atoms. The van der Waals surface area contributed by atoms with E-state index < -0.39 is 0 Å². The van der Waals surface area contributed by atoms with Crippen molar-refractivity contribution in [2.75, 3.05) is 11.9 Å². The summed E-state index contributed by atoms with van der Waals surface area (Å²) >= 11 is 1.67. The summed E-state index contributed by atoms with van der Waals surface area (Å²) < 4.78 is 1.17. The monoisotopic (exact) mass is 430 g/mol. The van der Waals surface area contributed by atoms with E-state index in [4.69, 9.17) is 4.98 Å². The van der Waals surface area contributed by atoms with Crippen LogP contribution in [0.25, 0.3) is 10.2 Å². The van der Waals surface area contributed by atoms with E-state index in [-0.39, 0.29) is 11.9 Å². The number of benzene rings is 1. The lowest BCUT2D eigenvalue weighted by Gasteiger charge is -2.24. The smallest absolute Gasteiger partial charge is 0.223 e. The average Bonchev–Trinajstić information content (AvgIpc) is 3.45. The lowest BCUT2D eigenvalue weighted by molar-refractivity contribution is -0.132. The second kappa shape index (κ2) is 8.77. The lowest BCUT2D eigenvalue weighted by Crippen LogP contribution is -2.31. The number of aromatic nitrogens is 4. The molecule has 7 nitrogen and oxygen atoms in total. The first-order valence-corrected chi connectivity index (χ1v) is 11.2. The highest BCUT2D eigenvalue weighted by Gasteiger charge is 2.30. The van der Waals surface area contributed by atoms with E-state index in [9.17, 15) is 4.79 Å². The van der Waals surface area contributed by atoms with Crippen LogP contribution in [0.4, 0.5) is 11.6 Å². The summed E-state index contributed by atoms with van der Waals surface area (Å²) in [5, 5.41) is 4.19. The number of carbonyl (C=O) groups is 1. The van der Waals surface area contributed by atoms with E-state index in [1.165, 1.54) is 4.70 Å². The molecule has 4 heterocycles. The molecule has 4 aromatic rings. The number of hydrogen-bond donors (Lipinski definition) is 1. The molecule has 1 saturated heterocycles. The number of nitrogens with zero attached hydrogens (tertiary/aromatic N) is 5. The Bertz CT molecular complexity index is 1160. The number of aryl methyl sites for hydroxylation is 1. The molecule has 1 aliphatic rings. The molecule has 8 heteroatoms. The molecule has 1 aromatic carbocycles. The number of amides is 1. The van der Waals surface area contributed by atoms with E-state index in [0.29, 0.717) is 24.5 Å². The summed E-state index contributed by atoms with van der Waals surface area (Å²) in [5.41, 5.74) is 1.91. The molecular weight excluding hydrogens is 408 g/mol. The van der Waals surface area contributed by atoms with Gasteiger partial charge in [0.25, 0.3) is 0 Å². The van der Waals surface area contributed by atoms with Crippen molar-refractivity contribution < 1.29 is 4.79 Å². The molecule has 0 aliphatic carbocycles. The molecule has 0 radical (unpaired) electrons. The standard InChI is InChI=1S/C23H22N6OS/c30-23(11-10-22-27-17-5-1-2-8-19(17)31-22)29-14-4-7-18(29)16-6-3-9-20(26-16)28-21-15-24-12-13-25-21/h1-3,5-6,8-9,12-13,15,18H,4,7,10-11,14H2,(H,25,26,28)/t18-/m0/s1. The highest BCUT2D eigenvalue weighted by molar-refractivity contribution is 7.18. The maximum atomic E-state index is 13.0. The van der Waals surface area contributed by atoms with E-state index in [2.05, 4.69) is 26.3 Å². The number of rotatable bonds is 6. The number of para-hydroxylation sites is 1.